The van der Waals surface area contributed by atoms with E-state index >= 15 is 0 Å². The Bertz CT molecular complexity index is 1330. The molecule has 1 N–H and O–H groups in total. The van der Waals surface area contributed by atoms with Gasteiger partial charge in [-0.2, -0.15) is 0 Å². The summed E-state index contributed by atoms with van der Waals surface area (Å²) < 4.78 is 22.2. The van der Waals surface area contributed by atoms with E-state index in [-0.39, 0.29) is 11.3 Å². The van der Waals surface area contributed by atoms with Gasteiger partial charge in [0, 0.05) is 28.6 Å². The van der Waals surface area contributed by atoms with Gasteiger partial charge in [-0.25, -0.2) is 0 Å². The molecule has 2 heterocycles. The minimum atomic E-state index is -0.898. The van der Waals surface area contributed by atoms with Crippen LogP contribution in [-0.2, 0) is 4.79 Å². The molecule has 0 radical (unpaired) electrons. The van der Waals surface area contributed by atoms with Crippen molar-refractivity contribution >= 4 is 34.3 Å². The van der Waals surface area contributed by atoms with Crippen LogP contribution in [0.15, 0.2) is 52.1 Å². The molecule has 8 nitrogen and oxygen atoms in total. The van der Waals surface area contributed by atoms with E-state index in [1.54, 1.807) is 30.3 Å². The van der Waals surface area contributed by atoms with Gasteiger partial charge in [-0.3, -0.25) is 9.59 Å². The Morgan fingerprint density at radius 3 is 2.51 bits per heavy atom. The minimum Gasteiger partial charge on any atom is -0.503 e. The quantitative estimate of drug-likeness (QED) is 0.388. The average molecular weight is 500 g/mol. The highest BCUT2D eigenvalue weighted by Gasteiger charge is 2.45. The Hall–Kier alpha value is -3.65. The predicted octanol–water partition coefficient (Wildman–Crippen LogP) is 5.49. The molecule has 1 aliphatic rings. The number of fused-ring (bicyclic) bond motifs is 1. The lowest BCUT2D eigenvalue weighted by Crippen LogP contribution is -2.32. The molecule has 0 saturated heterocycles. The van der Waals surface area contributed by atoms with E-state index in [1.165, 1.54) is 32.3 Å². The molecule has 1 unspecified atom stereocenters. The number of carbonyl (C=O) groups is 2. The van der Waals surface area contributed by atoms with E-state index in [2.05, 4.69) is 0 Å². The van der Waals surface area contributed by atoms with Crippen molar-refractivity contribution in [3.63, 3.8) is 0 Å². The lowest BCUT2D eigenvalue weighted by Gasteiger charge is -2.28. The van der Waals surface area contributed by atoms with E-state index in [0.717, 1.165) is 6.42 Å². The molecule has 1 aliphatic heterocycles. The third-order valence-electron chi connectivity index (χ3n) is 6.02. The first-order valence-electron chi connectivity index (χ1n) is 11.1. The summed E-state index contributed by atoms with van der Waals surface area (Å²) in [6, 6.07) is 9.04. The van der Waals surface area contributed by atoms with Gasteiger partial charge in [0.15, 0.2) is 34.4 Å². The third kappa shape index (κ3) is 4.18. The van der Waals surface area contributed by atoms with E-state index in [4.69, 9.17) is 30.2 Å². The number of amides is 1. The molecule has 1 atom stereocenters. The summed E-state index contributed by atoms with van der Waals surface area (Å²) >= 11 is 6.16. The Morgan fingerprint density at radius 2 is 1.86 bits per heavy atom. The standard InChI is InChI=1S/C26H26ClNO7/c1-5-6-10-28-21(16-8-7-9-17(32-2)25(16)34-4)20(23(30)26(28)31)22(29)18-12-14-11-15(27)13-19(33-3)24(14)35-18/h7-9,11-13,21,30H,5-6,10H2,1-4H3. The first kappa shape index (κ1) is 24.5. The van der Waals surface area contributed by atoms with Crippen molar-refractivity contribution in [2.75, 3.05) is 27.9 Å². The molecule has 4 rings (SSSR count). The Balaban J connectivity index is 1.88. The molecule has 1 amide bonds. The van der Waals surface area contributed by atoms with Crippen molar-refractivity contribution in [1.82, 2.24) is 4.90 Å². The Kier molecular flexibility index (Phi) is 6.93. The molecule has 0 bridgehead atoms. The minimum absolute atomic E-state index is 0.0564. The molecule has 1 aromatic heterocycles. The number of benzene rings is 2. The lowest BCUT2D eigenvalue weighted by molar-refractivity contribution is -0.129. The lowest BCUT2D eigenvalue weighted by atomic mass is 9.94. The summed E-state index contributed by atoms with van der Waals surface area (Å²) in [6.07, 6.45) is 1.50. The van der Waals surface area contributed by atoms with Crippen LogP contribution >= 0.6 is 11.6 Å². The number of carbonyl (C=O) groups excluding carboxylic acids is 2. The number of halogens is 1. The number of hydrogen-bond donors (Lipinski definition) is 1. The van der Waals surface area contributed by atoms with Gasteiger partial charge in [0.25, 0.3) is 5.91 Å². The normalized spacial score (nSPS) is 15.7. The second-order valence-corrected chi connectivity index (χ2v) is 8.50. The number of aliphatic hydroxyl groups excluding tert-OH is 1. The highest BCUT2D eigenvalue weighted by atomic mass is 35.5. The van der Waals surface area contributed by atoms with Gasteiger partial charge < -0.3 is 28.6 Å². The molecule has 0 aliphatic carbocycles. The number of methoxy groups -OCH3 is 3. The number of ether oxygens (including phenoxy) is 3. The number of Topliss-reactive ketones (excluding diaryl/α,β-unsaturated/α-hetero) is 1. The van der Waals surface area contributed by atoms with E-state index in [9.17, 15) is 14.7 Å². The highest BCUT2D eigenvalue weighted by Crippen LogP contribution is 2.46. The number of rotatable bonds is 9. The Labute approximate surface area is 207 Å². The van der Waals surface area contributed by atoms with E-state index in [1.807, 2.05) is 6.92 Å². The fourth-order valence-corrected chi connectivity index (χ4v) is 4.59. The third-order valence-corrected chi connectivity index (χ3v) is 6.24. The summed E-state index contributed by atoms with van der Waals surface area (Å²) in [5.74, 6) is -0.762. The first-order valence-corrected chi connectivity index (χ1v) is 11.5. The summed E-state index contributed by atoms with van der Waals surface area (Å²) in [4.78, 5) is 28.4. The van der Waals surface area contributed by atoms with Crippen molar-refractivity contribution < 1.29 is 33.3 Å². The second kappa shape index (κ2) is 9.92. The van der Waals surface area contributed by atoms with Crippen molar-refractivity contribution in [2.24, 2.45) is 0 Å². The average Bonchev–Trinajstić information content (AvgIpc) is 3.40. The van der Waals surface area contributed by atoms with Crippen molar-refractivity contribution in [1.29, 1.82) is 0 Å². The van der Waals surface area contributed by atoms with Gasteiger partial charge in [-0.1, -0.05) is 37.1 Å². The van der Waals surface area contributed by atoms with Crippen LogP contribution in [0.3, 0.4) is 0 Å². The smallest absolute Gasteiger partial charge is 0.290 e. The fraction of sp³-hybridized carbons (Fsp3) is 0.308. The maximum absolute atomic E-state index is 13.8. The van der Waals surface area contributed by atoms with Gasteiger partial charge in [-0.05, 0) is 24.6 Å². The van der Waals surface area contributed by atoms with Crippen molar-refractivity contribution in [3.8, 4) is 17.2 Å². The monoisotopic (exact) mass is 499 g/mol. The number of para-hydroxylation sites is 1. The van der Waals surface area contributed by atoms with Gasteiger partial charge in [0.2, 0.25) is 5.78 Å². The van der Waals surface area contributed by atoms with E-state index < -0.39 is 23.5 Å². The predicted molar refractivity (Wildman–Crippen MR) is 131 cm³/mol. The van der Waals surface area contributed by atoms with Crippen LogP contribution in [0.25, 0.3) is 11.0 Å². The van der Waals surface area contributed by atoms with Crippen LogP contribution in [0.4, 0.5) is 0 Å². The molecular formula is C26H26ClNO7. The van der Waals surface area contributed by atoms with Crippen LogP contribution in [0, 0.1) is 0 Å². The first-order chi connectivity index (χ1) is 16.9. The van der Waals surface area contributed by atoms with Gasteiger partial charge in [-0.15, -0.1) is 0 Å². The molecule has 184 valence electrons. The number of hydrogen-bond acceptors (Lipinski definition) is 7. The van der Waals surface area contributed by atoms with Crippen LogP contribution in [0.5, 0.6) is 17.2 Å². The van der Waals surface area contributed by atoms with Gasteiger partial charge in [0.1, 0.15) is 0 Å². The molecule has 0 spiro atoms. The maximum atomic E-state index is 13.8. The molecule has 0 fully saturated rings. The van der Waals surface area contributed by atoms with Crippen LogP contribution in [0.1, 0.15) is 41.9 Å². The maximum Gasteiger partial charge on any atom is 0.290 e. The fourth-order valence-electron chi connectivity index (χ4n) is 4.38. The number of ketones is 1. The SMILES string of the molecule is CCCCN1C(=O)C(O)=C(C(=O)c2cc3cc(Cl)cc(OC)c3o2)C1c1cccc(OC)c1OC. The van der Waals surface area contributed by atoms with Crippen molar-refractivity contribution in [2.45, 2.75) is 25.8 Å². The molecule has 9 heteroatoms. The zero-order valence-corrected chi connectivity index (χ0v) is 20.6. The van der Waals surface area contributed by atoms with Crippen molar-refractivity contribution in [3.05, 3.63) is 64.1 Å². The number of furan rings is 1. The van der Waals surface area contributed by atoms with Crippen LogP contribution in [0.2, 0.25) is 5.02 Å². The zero-order chi connectivity index (χ0) is 25.3. The summed E-state index contributed by atoms with van der Waals surface area (Å²) in [7, 11) is 4.45. The summed E-state index contributed by atoms with van der Waals surface area (Å²) in [5, 5.41) is 11.9. The van der Waals surface area contributed by atoms with Crippen LogP contribution in [-0.4, -0.2) is 49.6 Å². The number of unbranched alkanes of at least 4 members (excludes halogenated alkanes) is 1. The molecule has 2 aromatic carbocycles. The summed E-state index contributed by atoms with van der Waals surface area (Å²) in [5.41, 5.74) is 0.755. The highest BCUT2D eigenvalue weighted by molar-refractivity contribution is 6.31. The zero-order valence-electron chi connectivity index (χ0n) is 19.9. The number of aliphatic hydroxyl groups is 1. The largest absolute Gasteiger partial charge is 0.503 e. The van der Waals surface area contributed by atoms with Gasteiger partial charge >= 0.3 is 0 Å². The number of nitrogens with zero attached hydrogens (tertiary/aromatic N) is 1. The summed E-state index contributed by atoms with van der Waals surface area (Å²) in [6.45, 7) is 2.33. The second-order valence-electron chi connectivity index (χ2n) is 8.07. The molecule has 35 heavy (non-hydrogen) atoms. The molecule has 3 aromatic rings. The topological polar surface area (TPSA) is 98.4 Å². The Morgan fingerprint density at radius 1 is 1.11 bits per heavy atom. The molecule has 0 saturated carbocycles. The van der Waals surface area contributed by atoms with Gasteiger partial charge in [0.05, 0.1) is 32.9 Å². The van der Waals surface area contributed by atoms with E-state index in [0.29, 0.717) is 51.8 Å². The van der Waals surface area contributed by atoms with Crippen LogP contribution < -0.4 is 14.2 Å². The molecular weight excluding hydrogens is 474 g/mol.